The highest BCUT2D eigenvalue weighted by atomic mass is 16.4. The van der Waals surface area contributed by atoms with E-state index in [9.17, 15) is 9.59 Å². The van der Waals surface area contributed by atoms with Crippen LogP contribution in [-0.4, -0.2) is 41.9 Å². The fraction of sp³-hybridized carbons (Fsp3) is 0.250. The molecular formula is C12H13N3O4. The summed E-state index contributed by atoms with van der Waals surface area (Å²) >= 11 is 0. The van der Waals surface area contributed by atoms with E-state index in [4.69, 9.17) is 15.5 Å². The molecule has 0 fully saturated rings. The quantitative estimate of drug-likeness (QED) is 0.715. The molecule has 7 nitrogen and oxygen atoms in total. The second-order valence-electron chi connectivity index (χ2n) is 3.71. The summed E-state index contributed by atoms with van der Waals surface area (Å²) in [5.74, 6) is -1.34. The first kappa shape index (κ1) is 14.5. The highest BCUT2D eigenvalue weighted by molar-refractivity contribution is 5.95. The minimum Gasteiger partial charge on any atom is -0.480 e. The zero-order valence-corrected chi connectivity index (χ0v) is 10.2. The number of hydrogen-bond donors (Lipinski definition) is 3. The van der Waals surface area contributed by atoms with E-state index < -0.39 is 24.6 Å². The topological polar surface area (TPSA) is 114 Å². The summed E-state index contributed by atoms with van der Waals surface area (Å²) in [5, 5.41) is 28.6. The number of benzene rings is 1. The summed E-state index contributed by atoms with van der Waals surface area (Å²) in [6.07, 6.45) is 0. The Morgan fingerprint density at radius 1 is 1.47 bits per heavy atom. The lowest BCUT2D eigenvalue weighted by Crippen LogP contribution is -2.48. The number of carboxylic acids is 1. The first-order valence-corrected chi connectivity index (χ1v) is 5.38. The number of para-hydroxylation sites is 1. The number of aliphatic carboxylic acids is 1. The van der Waals surface area contributed by atoms with Crippen LogP contribution in [0.3, 0.4) is 0 Å². The first-order valence-electron chi connectivity index (χ1n) is 5.38. The van der Waals surface area contributed by atoms with E-state index in [1.54, 1.807) is 24.3 Å². The summed E-state index contributed by atoms with van der Waals surface area (Å²) < 4.78 is 0. The summed E-state index contributed by atoms with van der Waals surface area (Å²) in [4.78, 5) is 23.6. The first-order chi connectivity index (χ1) is 9.01. The second kappa shape index (κ2) is 6.37. The molecule has 0 heterocycles. The third-order valence-corrected chi connectivity index (χ3v) is 2.47. The number of urea groups is 1. The number of aliphatic hydroxyl groups excluding tert-OH is 1. The van der Waals surface area contributed by atoms with Crippen molar-refractivity contribution in [1.82, 2.24) is 5.32 Å². The summed E-state index contributed by atoms with van der Waals surface area (Å²) in [6, 6.07) is 6.24. The molecule has 0 radical (unpaired) electrons. The molecule has 0 aliphatic rings. The van der Waals surface area contributed by atoms with E-state index in [1.807, 2.05) is 6.07 Å². The molecule has 1 atom stereocenters. The summed E-state index contributed by atoms with van der Waals surface area (Å²) in [7, 11) is 1.40. The zero-order chi connectivity index (χ0) is 14.4. The van der Waals surface area contributed by atoms with Gasteiger partial charge in [-0.2, -0.15) is 5.26 Å². The molecule has 0 aromatic heterocycles. The van der Waals surface area contributed by atoms with Crippen LogP contribution in [0, 0.1) is 11.3 Å². The van der Waals surface area contributed by atoms with Crippen molar-refractivity contribution in [3.05, 3.63) is 29.8 Å². The van der Waals surface area contributed by atoms with Gasteiger partial charge in [0.05, 0.1) is 17.9 Å². The number of hydrogen-bond acceptors (Lipinski definition) is 4. The predicted molar refractivity (Wildman–Crippen MR) is 66.6 cm³/mol. The van der Waals surface area contributed by atoms with E-state index in [-0.39, 0.29) is 5.56 Å². The van der Waals surface area contributed by atoms with Crippen LogP contribution < -0.4 is 10.2 Å². The van der Waals surface area contributed by atoms with E-state index in [2.05, 4.69) is 5.32 Å². The second-order valence-corrected chi connectivity index (χ2v) is 3.71. The number of carbonyl (C=O) groups is 2. The number of nitrogens with zero attached hydrogens (tertiary/aromatic N) is 2. The Balaban J connectivity index is 2.88. The highest BCUT2D eigenvalue weighted by Crippen LogP contribution is 2.17. The maximum Gasteiger partial charge on any atom is 0.328 e. The third-order valence-electron chi connectivity index (χ3n) is 2.47. The van der Waals surface area contributed by atoms with Gasteiger partial charge in [0.2, 0.25) is 0 Å². The van der Waals surface area contributed by atoms with Gasteiger partial charge in [-0.15, -0.1) is 0 Å². The maximum atomic E-state index is 11.8. The van der Waals surface area contributed by atoms with Crippen LogP contribution in [0.25, 0.3) is 0 Å². The zero-order valence-electron chi connectivity index (χ0n) is 10.2. The van der Waals surface area contributed by atoms with Crippen molar-refractivity contribution < 1.29 is 19.8 Å². The predicted octanol–water partition coefficient (Wildman–Crippen LogP) is 0.150. The molecule has 2 amide bonds. The normalized spacial score (nSPS) is 11.2. The van der Waals surface area contributed by atoms with Gasteiger partial charge in [0.15, 0.2) is 6.04 Å². The van der Waals surface area contributed by atoms with Gasteiger partial charge in [0.25, 0.3) is 0 Å². The molecular weight excluding hydrogens is 250 g/mol. The maximum absolute atomic E-state index is 11.8. The van der Waals surface area contributed by atoms with Crippen LogP contribution in [0.1, 0.15) is 5.56 Å². The smallest absolute Gasteiger partial charge is 0.328 e. The van der Waals surface area contributed by atoms with Gasteiger partial charge in [-0.25, -0.2) is 9.59 Å². The lowest BCUT2D eigenvalue weighted by atomic mass is 10.2. The van der Waals surface area contributed by atoms with Gasteiger partial charge in [-0.05, 0) is 12.1 Å². The molecule has 0 spiro atoms. The number of amides is 2. The van der Waals surface area contributed by atoms with Crippen molar-refractivity contribution in [3.8, 4) is 6.07 Å². The van der Waals surface area contributed by atoms with Crippen LogP contribution in [0.2, 0.25) is 0 Å². The Morgan fingerprint density at radius 2 is 2.11 bits per heavy atom. The lowest BCUT2D eigenvalue weighted by Gasteiger charge is -2.21. The molecule has 19 heavy (non-hydrogen) atoms. The SMILES string of the molecule is CN(C(=O)N[C@H](CO)C(=O)O)c1ccccc1C#N. The van der Waals surface area contributed by atoms with E-state index in [0.717, 1.165) is 4.90 Å². The van der Waals surface area contributed by atoms with Crippen molar-refractivity contribution >= 4 is 17.7 Å². The molecule has 0 aliphatic carbocycles. The number of anilines is 1. The van der Waals surface area contributed by atoms with E-state index in [1.165, 1.54) is 7.05 Å². The molecule has 100 valence electrons. The molecule has 1 rings (SSSR count). The molecule has 7 heteroatoms. The number of carbonyl (C=O) groups excluding carboxylic acids is 1. The third kappa shape index (κ3) is 3.43. The average molecular weight is 263 g/mol. The lowest BCUT2D eigenvalue weighted by molar-refractivity contribution is -0.140. The summed E-state index contributed by atoms with van der Waals surface area (Å²) in [6.45, 7) is -0.713. The fourth-order valence-corrected chi connectivity index (χ4v) is 1.40. The molecule has 3 N–H and O–H groups in total. The van der Waals surface area contributed by atoms with Crippen molar-refractivity contribution in [1.29, 1.82) is 5.26 Å². The number of nitriles is 1. The Morgan fingerprint density at radius 3 is 2.63 bits per heavy atom. The molecule has 0 saturated carbocycles. The van der Waals surface area contributed by atoms with Crippen LogP contribution in [-0.2, 0) is 4.79 Å². The van der Waals surface area contributed by atoms with Crippen LogP contribution >= 0.6 is 0 Å². The molecule has 1 aromatic rings. The molecule has 0 saturated heterocycles. The van der Waals surface area contributed by atoms with Gasteiger partial charge < -0.3 is 15.5 Å². The monoisotopic (exact) mass is 263 g/mol. The van der Waals surface area contributed by atoms with Gasteiger partial charge in [0.1, 0.15) is 6.07 Å². The molecule has 1 aromatic carbocycles. The fourth-order valence-electron chi connectivity index (χ4n) is 1.40. The van der Waals surface area contributed by atoms with Crippen molar-refractivity contribution in [3.63, 3.8) is 0 Å². The van der Waals surface area contributed by atoms with Crippen molar-refractivity contribution in [2.75, 3.05) is 18.6 Å². The minimum absolute atomic E-state index is 0.288. The Hall–Kier alpha value is -2.59. The Bertz CT molecular complexity index is 524. The molecule has 0 bridgehead atoms. The minimum atomic E-state index is -1.39. The average Bonchev–Trinajstić information content (AvgIpc) is 2.43. The number of nitrogens with one attached hydrogen (secondary N) is 1. The largest absolute Gasteiger partial charge is 0.480 e. The van der Waals surface area contributed by atoms with E-state index >= 15 is 0 Å². The van der Waals surface area contributed by atoms with Crippen LogP contribution in [0.15, 0.2) is 24.3 Å². The van der Waals surface area contributed by atoms with Crippen molar-refractivity contribution in [2.24, 2.45) is 0 Å². The number of rotatable bonds is 4. The number of aliphatic hydroxyl groups is 1. The standard InChI is InChI=1S/C12H13N3O4/c1-15(10-5-3-2-4-8(10)6-13)12(19)14-9(7-16)11(17)18/h2-5,9,16H,7H2,1H3,(H,14,19)(H,17,18)/t9-/m1/s1. The van der Waals surface area contributed by atoms with E-state index in [0.29, 0.717) is 5.69 Å². The summed E-state index contributed by atoms with van der Waals surface area (Å²) in [5.41, 5.74) is 0.639. The highest BCUT2D eigenvalue weighted by Gasteiger charge is 2.22. The van der Waals surface area contributed by atoms with Gasteiger partial charge >= 0.3 is 12.0 Å². The van der Waals surface area contributed by atoms with Gasteiger partial charge in [0, 0.05) is 7.05 Å². The van der Waals surface area contributed by atoms with Gasteiger partial charge in [-0.1, -0.05) is 12.1 Å². The Labute approximate surface area is 109 Å². The van der Waals surface area contributed by atoms with Gasteiger partial charge in [-0.3, -0.25) is 4.90 Å². The van der Waals surface area contributed by atoms with Crippen molar-refractivity contribution in [2.45, 2.75) is 6.04 Å². The van der Waals surface area contributed by atoms with Crippen LogP contribution in [0.5, 0.6) is 0 Å². The molecule has 0 unspecified atom stereocenters. The Kier molecular flexibility index (Phi) is 4.85. The number of carboxylic acid groups (broad SMARTS) is 1. The van der Waals surface area contributed by atoms with Crippen LogP contribution in [0.4, 0.5) is 10.5 Å². The molecule has 0 aliphatic heterocycles.